The molecule has 53 valence electrons. The SMILES string of the molecule is OCCc1ccc([S])cc1. The highest BCUT2D eigenvalue weighted by atomic mass is 32.1. The van der Waals surface area contributed by atoms with Crippen LogP contribution in [0.1, 0.15) is 5.56 Å². The summed E-state index contributed by atoms with van der Waals surface area (Å²) in [5.41, 5.74) is 1.14. The standard InChI is InChI=1S/C8H9OS/c9-6-5-7-1-3-8(10)4-2-7/h1-4,9H,5-6H2. The van der Waals surface area contributed by atoms with Gasteiger partial charge in [-0.3, -0.25) is 0 Å². The first-order valence-corrected chi connectivity index (χ1v) is 3.60. The van der Waals surface area contributed by atoms with Crippen molar-refractivity contribution in [2.45, 2.75) is 11.3 Å². The van der Waals surface area contributed by atoms with Crippen molar-refractivity contribution >= 4 is 12.6 Å². The summed E-state index contributed by atoms with van der Waals surface area (Å²) in [6.07, 6.45) is 0.718. The summed E-state index contributed by atoms with van der Waals surface area (Å²) >= 11 is 4.89. The van der Waals surface area contributed by atoms with Gasteiger partial charge in [0.2, 0.25) is 0 Å². The Bertz CT molecular complexity index is 193. The third-order valence-corrected chi connectivity index (χ3v) is 1.60. The van der Waals surface area contributed by atoms with Gasteiger partial charge in [-0.2, -0.15) is 0 Å². The van der Waals surface area contributed by atoms with Crippen molar-refractivity contribution in [3.8, 4) is 0 Å². The van der Waals surface area contributed by atoms with Crippen LogP contribution >= 0.6 is 12.6 Å². The van der Waals surface area contributed by atoms with Crippen LogP contribution < -0.4 is 0 Å². The van der Waals surface area contributed by atoms with E-state index in [9.17, 15) is 0 Å². The molecule has 1 aromatic carbocycles. The van der Waals surface area contributed by atoms with Crippen LogP contribution in [-0.2, 0) is 6.42 Å². The molecule has 0 saturated carbocycles. The third kappa shape index (κ3) is 1.97. The molecular weight excluding hydrogens is 144 g/mol. The monoisotopic (exact) mass is 153 g/mol. The molecule has 1 rings (SSSR count). The normalized spacial score (nSPS) is 9.70. The molecule has 1 radical (unpaired) electrons. The van der Waals surface area contributed by atoms with Crippen molar-refractivity contribution < 1.29 is 5.11 Å². The third-order valence-electron chi connectivity index (χ3n) is 1.32. The molecule has 0 unspecified atom stereocenters. The van der Waals surface area contributed by atoms with Crippen molar-refractivity contribution in [1.29, 1.82) is 0 Å². The van der Waals surface area contributed by atoms with Gasteiger partial charge >= 0.3 is 0 Å². The van der Waals surface area contributed by atoms with Crippen LogP contribution in [0.2, 0.25) is 0 Å². The fourth-order valence-corrected chi connectivity index (χ4v) is 0.921. The zero-order valence-electron chi connectivity index (χ0n) is 5.58. The number of rotatable bonds is 2. The Morgan fingerprint density at radius 1 is 1.20 bits per heavy atom. The van der Waals surface area contributed by atoms with Gasteiger partial charge in [-0.15, -0.1) is 0 Å². The summed E-state index contributed by atoms with van der Waals surface area (Å²) in [6, 6.07) is 7.64. The average molecular weight is 153 g/mol. The molecule has 0 aromatic heterocycles. The summed E-state index contributed by atoms with van der Waals surface area (Å²) in [5.74, 6) is 0. The molecule has 0 atom stereocenters. The smallest absolute Gasteiger partial charge is 0.0471 e. The summed E-state index contributed by atoms with van der Waals surface area (Å²) in [4.78, 5) is 0.849. The predicted octanol–water partition coefficient (Wildman–Crippen LogP) is 1.78. The fourth-order valence-electron chi connectivity index (χ4n) is 0.785. The summed E-state index contributed by atoms with van der Waals surface area (Å²) in [6.45, 7) is 0.205. The van der Waals surface area contributed by atoms with Crippen molar-refractivity contribution in [1.82, 2.24) is 0 Å². The minimum atomic E-state index is 0.205. The lowest BCUT2D eigenvalue weighted by molar-refractivity contribution is 0.299. The van der Waals surface area contributed by atoms with Gasteiger partial charge in [0.1, 0.15) is 0 Å². The van der Waals surface area contributed by atoms with Crippen molar-refractivity contribution in [2.24, 2.45) is 0 Å². The van der Waals surface area contributed by atoms with E-state index in [-0.39, 0.29) is 6.61 Å². The molecular formula is C8H9OS. The minimum absolute atomic E-state index is 0.205. The summed E-state index contributed by atoms with van der Waals surface area (Å²) < 4.78 is 0. The van der Waals surface area contributed by atoms with E-state index in [0.717, 1.165) is 16.9 Å². The Morgan fingerprint density at radius 2 is 1.80 bits per heavy atom. The molecule has 0 heterocycles. The maximum Gasteiger partial charge on any atom is 0.0471 e. The Kier molecular flexibility index (Phi) is 2.66. The molecule has 2 heteroatoms. The highest BCUT2D eigenvalue weighted by molar-refractivity contribution is 7.80. The summed E-state index contributed by atoms with van der Waals surface area (Å²) in [5, 5.41) is 8.56. The molecule has 1 aromatic rings. The molecule has 0 spiro atoms. The molecule has 0 aliphatic heterocycles. The van der Waals surface area contributed by atoms with Crippen molar-refractivity contribution in [3.05, 3.63) is 29.8 Å². The van der Waals surface area contributed by atoms with E-state index in [0.29, 0.717) is 0 Å². The molecule has 0 saturated heterocycles. The van der Waals surface area contributed by atoms with Gasteiger partial charge in [-0.05, 0) is 24.1 Å². The second kappa shape index (κ2) is 3.54. The molecule has 10 heavy (non-hydrogen) atoms. The zero-order chi connectivity index (χ0) is 7.40. The van der Waals surface area contributed by atoms with Gasteiger partial charge in [0, 0.05) is 11.5 Å². The van der Waals surface area contributed by atoms with E-state index in [1.54, 1.807) is 0 Å². The van der Waals surface area contributed by atoms with Crippen LogP contribution in [0.5, 0.6) is 0 Å². The lowest BCUT2D eigenvalue weighted by Gasteiger charge is -1.95. The Labute approximate surface area is 66.1 Å². The maximum atomic E-state index is 8.56. The first-order chi connectivity index (χ1) is 4.83. The molecule has 1 N–H and O–H groups in total. The molecule has 0 fully saturated rings. The number of aliphatic hydroxyl groups excluding tert-OH is 1. The second-order valence-electron chi connectivity index (χ2n) is 2.12. The van der Waals surface area contributed by atoms with Gasteiger partial charge in [0.15, 0.2) is 0 Å². The highest BCUT2D eigenvalue weighted by Gasteiger charge is 1.89. The topological polar surface area (TPSA) is 20.2 Å². The van der Waals surface area contributed by atoms with E-state index < -0.39 is 0 Å². The van der Waals surface area contributed by atoms with Gasteiger partial charge in [0.25, 0.3) is 0 Å². The minimum Gasteiger partial charge on any atom is -0.396 e. The number of benzene rings is 1. The Balaban J connectivity index is 2.69. The molecule has 0 amide bonds. The van der Waals surface area contributed by atoms with Gasteiger partial charge in [0.05, 0.1) is 0 Å². The van der Waals surface area contributed by atoms with Crippen LogP contribution in [0.15, 0.2) is 29.2 Å². The van der Waals surface area contributed by atoms with E-state index in [4.69, 9.17) is 17.7 Å². The predicted molar refractivity (Wildman–Crippen MR) is 43.1 cm³/mol. The van der Waals surface area contributed by atoms with Gasteiger partial charge < -0.3 is 5.11 Å². The van der Waals surface area contributed by atoms with Crippen LogP contribution in [-0.4, -0.2) is 11.7 Å². The van der Waals surface area contributed by atoms with Gasteiger partial charge in [-0.1, -0.05) is 24.8 Å². The number of hydrogen-bond acceptors (Lipinski definition) is 1. The first-order valence-electron chi connectivity index (χ1n) is 3.20. The lowest BCUT2D eigenvalue weighted by Crippen LogP contribution is -1.88. The average Bonchev–Trinajstić information content (AvgIpc) is 1.95. The van der Waals surface area contributed by atoms with E-state index >= 15 is 0 Å². The van der Waals surface area contributed by atoms with Crippen LogP contribution in [0, 0.1) is 0 Å². The van der Waals surface area contributed by atoms with E-state index in [1.807, 2.05) is 24.3 Å². The van der Waals surface area contributed by atoms with Crippen molar-refractivity contribution in [3.63, 3.8) is 0 Å². The molecule has 0 aliphatic rings. The van der Waals surface area contributed by atoms with Crippen LogP contribution in [0.25, 0.3) is 0 Å². The van der Waals surface area contributed by atoms with Gasteiger partial charge in [-0.25, -0.2) is 0 Å². The molecule has 0 aliphatic carbocycles. The van der Waals surface area contributed by atoms with Crippen LogP contribution in [0.3, 0.4) is 0 Å². The Hall–Kier alpha value is -0.600. The largest absolute Gasteiger partial charge is 0.396 e. The van der Waals surface area contributed by atoms with Crippen molar-refractivity contribution in [2.75, 3.05) is 6.61 Å². The maximum absolute atomic E-state index is 8.56. The second-order valence-corrected chi connectivity index (χ2v) is 2.59. The molecule has 1 nitrogen and oxygen atoms in total. The van der Waals surface area contributed by atoms with E-state index in [2.05, 4.69) is 0 Å². The fraction of sp³-hybridized carbons (Fsp3) is 0.250. The molecule has 0 bridgehead atoms. The quantitative estimate of drug-likeness (QED) is 0.686. The summed E-state index contributed by atoms with van der Waals surface area (Å²) in [7, 11) is 0. The van der Waals surface area contributed by atoms with Crippen LogP contribution in [0.4, 0.5) is 0 Å². The first kappa shape index (κ1) is 7.51. The number of hydrogen-bond donors (Lipinski definition) is 1. The number of aliphatic hydroxyl groups is 1. The zero-order valence-corrected chi connectivity index (χ0v) is 6.40. The Morgan fingerprint density at radius 3 is 2.30 bits per heavy atom. The highest BCUT2D eigenvalue weighted by Crippen LogP contribution is 2.07. The van der Waals surface area contributed by atoms with E-state index in [1.165, 1.54) is 0 Å². The lowest BCUT2D eigenvalue weighted by atomic mass is 10.2.